The number of pyridine rings is 1. The molecule has 1 heterocycles. The van der Waals surface area contributed by atoms with Gasteiger partial charge in [-0.2, -0.15) is 0 Å². The molecule has 0 saturated carbocycles. The minimum Gasteiger partial charge on any atom is -0.491 e. The summed E-state index contributed by atoms with van der Waals surface area (Å²) < 4.78 is 12.7. The van der Waals surface area contributed by atoms with Crippen molar-refractivity contribution in [3.63, 3.8) is 0 Å². The molecule has 5 heteroatoms. The minimum absolute atomic E-state index is 0.264. The minimum atomic E-state index is -1.62. The van der Waals surface area contributed by atoms with Crippen LogP contribution in [0.5, 0.6) is 5.75 Å². The van der Waals surface area contributed by atoms with Gasteiger partial charge in [-0.3, -0.25) is 4.98 Å². The molecule has 0 fully saturated rings. The largest absolute Gasteiger partial charge is 0.491 e. The van der Waals surface area contributed by atoms with E-state index in [1.165, 1.54) is 0 Å². The molecule has 0 bridgehead atoms. The maximum atomic E-state index is 6.09. The molecule has 1 aromatic rings. The SMILES string of the molecule is CC(C)(C)[Si](C)(C)OCCCOc1cnccc1Br. The second-order valence-electron chi connectivity index (χ2n) is 6.12. The van der Waals surface area contributed by atoms with Gasteiger partial charge in [0.25, 0.3) is 0 Å². The van der Waals surface area contributed by atoms with Crippen LogP contribution in [-0.2, 0) is 4.43 Å². The highest BCUT2D eigenvalue weighted by atomic mass is 79.9. The van der Waals surface area contributed by atoms with Gasteiger partial charge in [0.15, 0.2) is 14.1 Å². The third kappa shape index (κ3) is 5.24. The highest BCUT2D eigenvalue weighted by Crippen LogP contribution is 2.36. The highest BCUT2D eigenvalue weighted by Gasteiger charge is 2.36. The Balaban J connectivity index is 2.28. The highest BCUT2D eigenvalue weighted by molar-refractivity contribution is 9.10. The lowest BCUT2D eigenvalue weighted by molar-refractivity contribution is 0.233. The van der Waals surface area contributed by atoms with E-state index in [0.29, 0.717) is 6.61 Å². The summed E-state index contributed by atoms with van der Waals surface area (Å²) in [4.78, 5) is 4.04. The van der Waals surface area contributed by atoms with Crippen molar-refractivity contribution in [3.05, 3.63) is 22.9 Å². The second-order valence-corrected chi connectivity index (χ2v) is 11.8. The van der Waals surface area contributed by atoms with Crippen molar-refractivity contribution in [2.24, 2.45) is 0 Å². The molecule has 0 atom stereocenters. The molecule has 0 saturated heterocycles. The maximum Gasteiger partial charge on any atom is 0.191 e. The van der Waals surface area contributed by atoms with E-state index in [9.17, 15) is 0 Å². The van der Waals surface area contributed by atoms with E-state index in [-0.39, 0.29) is 5.04 Å². The van der Waals surface area contributed by atoms with E-state index < -0.39 is 8.32 Å². The summed E-state index contributed by atoms with van der Waals surface area (Å²) in [5, 5.41) is 0.264. The summed E-state index contributed by atoms with van der Waals surface area (Å²) in [6.45, 7) is 12.7. The van der Waals surface area contributed by atoms with Crippen LogP contribution in [0, 0.1) is 0 Å². The van der Waals surface area contributed by atoms with Crippen LogP contribution in [0.4, 0.5) is 0 Å². The van der Waals surface area contributed by atoms with Crippen molar-refractivity contribution >= 4 is 24.2 Å². The van der Waals surface area contributed by atoms with E-state index in [4.69, 9.17) is 9.16 Å². The van der Waals surface area contributed by atoms with Crippen LogP contribution in [0.15, 0.2) is 22.9 Å². The zero-order valence-corrected chi connectivity index (χ0v) is 15.1. The molecule has 0 aliphatic carbocycles. The molecule has 0 amide bonds. The zero-order valence-electron chi connectivity index (χ0n) is 12.5. The molecule has 108 valence electrons. The Labute approximate surface area is 126 Å². The summed E-state index contributed by atoms with van der Waals surface area (Å²) in [6.07, 6.45) is 4.35. The van der Waals surface area contributed by atoms with E-state index in [2.05, 4.69) is 54.8 Å². The van der Waals surface area contributed by atoms with E-state index in [1.807, 2.05) is 6.07 Å². The second kappa shape index (κ2) is 6.86. The van der Waals surface area contributed by atoms with Gasteiger partial charge in [0, 0.05) is 19.2 Å². The normalized spacial score (nSPS) is 12.5. The number of ether oxygens (including phenoxy) is 1. The molecule has 0 radical (unpaired) electrons. The molecule has 0 aliphatic heterocycles. The first-order chi connectivity index (χ1) is 8.74. The summed E-state index contributed by atoms with van der Waals surface area (Å²) in [7, 11) is -1.62. The smallest absolute Gasteiger partial charge is 0.191 e. The van der Waals surface area contributed by atoms with Crippen molar-refractivity contribution in [2.45, 2.75) is 45.3 Å². The predicted molar refractivity (Wildman–Crippen MR) is 85.2 cm³/mol. The van der Waals surface area contributed by atoms with E-state index in [1.54, 1.807) is 12.4 Å². The molecule has 3 nitrogen and oxygen atoms in total. The molecule has 19 heavy (non-hydrogen) atoms. The first kappa shape index (κ1) is 16.7. The van der Waals surface area contributed by atoms with Gasteiger partial charge in [-0.25, -0.2) is 0 Å². The lowest BCUT2D eigenvalue weighted by atomic mass is 10.2. The van der Waals surface area contributed by atoms with Gasteiger partial charge in [0.1, 0.15) is 0 Å². The molecule has 0 unspecified atom stereocenters. The van der Waals surface area contributed by atoms with Crippen LogP contribution in [0.1, 0.15) is 27.2 Å². The fourth-order valence-corrected chi connectivity index (χ4v) is 2.68. The van der Waals surface area contributed by atoms with Crippen LogP contribution in [-0.4, -0.2) is 26.5 Å². The van der Waals surface area contributed by atoms with Gasteiger partial charge in [0.05, 0.1) is 17.3 Å². The Morgan fingerprint density at radius 1 is 1.26 bits per heavy atom. The molecular weight excluding hydrogens is 322 g/mol. The van der Waals surface area contributed by atoms with Crippen molar-refractivity contribution in [2.75, 3.05) is 13.2 Å². The summed E-state index contributed by atoms with van der Waals surface area (Å²) in [5.74, 6) is 0.787. The monoisotopic (exact) mass is 345 g/mol. The van der Waals surface area contributed by atoms with Crippen molar-refractivity contribution in [3.8, 4) is 5.75 Å². The number of halogens is 1. The molecule has 1 rings (SSSR count). The van der Waals surface area contributed by atoms with Crippen molar-refractivity contribution < 1.29 is 9.16 Å². The maximum absolute atomic E-state index is 6.09. The third-order valence-electron chi connectivity index (χ3n) is 3.55. The molecule has 0 N–H and O–H groups in total. The van der Waals surface area contributed by atoms with Crippen molar-refractivity contribution in [1.29, 1.82) is 0 Å². The molecule has 0 spiro atoms. The van der Waals surface area contributed by atoms with Crippen LogP contribution in [0.3, 0.4) is 0 Å². The number of hydrogen-bond acceptors (Lipinski definition) is 3. The Bertz CT molecular complexity index is 405. The first-order valence-corrected chi connectivity index (χ1v) is 10.3. The Kier molecular flexibility index (Phi) is 6.01. The molecule has 1 aromatic heterocycles. The molecule has 0 aromatic carbocycles. The Hall–Kier alpha value is -0.393. The topological polar surface area (TPSA) is 31.4 Å². The average molecular weight is 346 g/mol. The Morgan fingerprint density at radius 2 is 1.95 bits per heavy atom. The summed E-state index contributed by atoms with van der Waals surface area (Å²) in [6, 6.07) is 1.88. The standard InChI is InChI=1S/C14H24BrNO2Si/c1-14(2,3)19(4,5)18-10-6-9-17-13-11-16-8-7-12(13)15/h7-8,11H,6,9-10H2,1-5H3. The summed E-state index contributed by atoms with van der Waals surface area (Å²) >= 11 is 3.43. The van der Waals surface area contributed by atoms with Gasteiger partial charge >= 0.3 is 0 Å². The number of hydrogen-bond donors (Lipinski definition) is 0. The van der Waals surface area contributed by atoms with Gasteiger partial charge in [0.2, 0.25) is 0 Å². The van der Waals surface area contributed by atoms with Gasteiger partial charge in [-0.1, -0.05) is 20.8 Å². The third-order valence-corrected chi connectivity index (χ3v) is 8.74. The molecular formula is C14H24BrNO2Si. The van der Waals surface area contributed by atoms with Crippen LogP contribution in [0.2, 0.25) is 18.1 Å². The number of nitrogens with zero attached hydrogens (tertiary/aromatic N) is 1. The van der Waals surface area contributed by atoms with Gasteiger partial charge < -0.3 is 9.16 Å². The predicted octanol–water partition coefficient (Wildman–Crippen LogP) is 4.63. The van der Waals surface area contributed by atoms with E-state index in [0.717, 1.165) is 23.2 Å². The van der Waals surface area contributed by atoms with Crippen LogP contribution >= 0.6 is 15.9 Å². The van der Waals surface area contributed by atoms with Gasteiger partial charge in [-0.05, 0) is 40.1 Å². The lowest BCUT2D eigenvalue weighted by Crippen LogP contribution is -2.41. The molecule has 0 aliphatic rings. The fourth-order valence-electron chi connectivity index (χ4n) is 1.25. The first-order valence-electron chi connectivity index (χ1n) is 6.60. The lowest BCUT2D eigenvalue weighted by Gasteiger charge is -2.36. The van der Waals surface area contributed by atoms with Gasteiger partial charge in [-0.15, -0.1) is 0 Å². The van der Waals surface area contributed by atoms with Crippen molar-refractivity contribution in [1.82, 2.24) is 4.98 Å². The van der Waals surface area contributed by atoms with E-state index >= 15 is 0 Å². The van der Waals surface area contributed by atoms with Crippen LogP contribution < -0.4 is 4.74 Å². The number of aromatic nitrogens is 1. The quantitative estimate of drug-likeness (QED) is 0.556. The Morgan fingerprint density at radius 3 is 2.53 bits per heavy atom. The summed E-state index contributed by atoms with van der Waals surface area (Å²) in [5.41, 5.74) is 0. The zero-order chi connectivity index (χ0) is 14.5. The number of rotatable bonds is 6. The van der Waals surface area contributed by atoms with Crippen LogP contribution in [0.25, 0.3) is 0 Å². The fraction of sp³-hybridized carbons (Fsp3) is 0.643. The average Bonchev–Trinajstić information content (AvgIpc) is 2.29.